The lowest BCUT2D eigenvalue weighted by molar-refractivity contribution is -0.115. The molecule has 7 heteroatoms. The SMILES string of the molecule is Cc1cn(-c2cc(CN3CCC[C@H](N)C3)cc(NC(=O)Cc3ccc(-c4ccccc4)cn3)c2)cn1. The largest absolute Gasteiger partial charge is 0.327 e. The number of nitrogens with one attached hydrogen (secondary N) is 1. The zero-order valence-corrected chi connectivity index (χ0v) is 20.6. The van der Waals surface area contributed by atoms with Crippen LogP contribution in [-0.4, -0.2) is 44.5 Å². The zero-order valence-electron chi connectivity index (χ0n) is 20.6. The molecule has 1 amide bonds. The third kappa shape index (κ3) is 6.05. The highest BCUT2D eigenvalue weighted by atomic mass is 16.1. The fourth-order valence-electron chi connectivity index (χ4n) is 4.74. The van der Waals surface area contributed by atoms with E-state index in [9.17, 15) is 4.79 Å². The minimum atomic E-state index is -0.0973. The molecule has 0 bridgehead atoms. The Morgan fingerprint density at radius 3 is 2.67 bits per heavy atom. The Bertz CT molecular complexity index is 1320. The third-order valence-electron chi connectivity index (χ3n) is 6.49. The maximum absolute atomic E-state index is 12.9. The summed E-state index contributed by atoms with van der Waals surface area (Å²) in [6, 6.07) is 20.4. The molecule has 1 atom stereocenters. The number of nitrogens with zero attached hydrogens (tertiary/aromatic N) is 4. The number of pyridine rings is 1. The van der Waals surface area contributed by atoms with Crippen LogP contribution >= 0.6 is 0 Å². The topological polar surface area (TPSA) is 89.1 Å². The summed E-state index contributed by atoms with van der Waals surface area (Å²) in [5.41, 5.74) is 12.9. The zero-order chi connectivity index (χ0) is 24.9. The Kier molecular flexibility index (Phi) is 7.21. The quantitative estimate of drug-likeness (QED) is 0.411. The van der Waals surface area contributed by atoms with Crippen molar-refractivity contribution in [3.63, 3.8) is 0 Å². The lowest BCUT2D eigenvalue weighted by Gasteiger charge is -2.30. The number of carbonyl (C=O) groups excluding carboxylic acids is 1. The number of aryl methyl sites for hydroxylation is 1. The standard InChI is InChI=1S/C29H32N6O/c1-21-17-35(20-32-21)28-13-22(18-34-11-5-8-25(30)19-34)12-27(14-28)33-29(36)15-26-10-9-24(16-31-26)23-6-3-2-4-7-23/h2-4,6-7,9-10,12-14,16-17,20,25H,5,8,11,15,18-19,30H2,1H3,(H,33,36)/t25-/m0/s1. The molecule has 2 aromatic heterocycles. The molecule has 0 aliphatic carbocycles. The fourth-order valence-corrected chi connectivity index (χ4v) is 4.74. The van der Waals surface area contributed by atoms with Crippen molar-refractivity contribution in [2.24, 2.45) is 5.73 Å². The summed E-state index contributed by atoms with van der Waals surface area (Å²) in [7, 11) is 0. The Balaban J connectivity index is 1.31. The number of imidazole rings is 1. The number of hydrogen-bond acceptors (Lipinski definition) is 5. The van der Waals surface area contributed by atoms with Gasteiger partial charge in [-0.1, -0.05) is 36.4 Å². The molecule has 1 fully saturated rings. The van der Waals surface area contributed by atoms with E-state index < -0.39 is 0 Å². The van der Waals surface area contributed by atoms with E-state index >= 15 is 0 Å². The minimum absolute atomic E-state index is 0.0973. The smallest absolute Gasteiger partial charge is 0.230 e. The highest BCUT2D eigenvalue weighted by molar-refractivity contribution is 5.92. The van der Waals surface area contributed by atoms with Gasteiger partial charge in [0.05, 0.1) is 18.4 Å². The van der Waals surface area contributed by atoms with E-state index in [1.807, 2.05) is 72.4 Å². The number of piperidine rings is 1. The molecule has 3 N–H and O–H groups in total. The molecule has 1 aliphatic rings. The van der Waals surface area contributed by atoms with E-state index in [1.54, 1.807) is 6.33 Å². The van der Waals surface area contributed by atoms with Gasteiger partial charge in [-0.25, -0.2) is 4.98 Å². The molecule has 0 radical (unpaired) electrons. The maximum atomic E-state index is 12.9. The summed E-state index contributed by atoms with van der Waals surface area (Å²) in [6.07, 6.45) is 8.00. The van der Waals surface area contributed by atoms with Crippen LogP contribution in [0.1, 0.15) is 29.8 Å². The number of amides is 1. The Labute approximate surface area is 212 Å². The second-order valence-electron chi connectivity index (χ2n) is 9.58. The molecule has 7 nitrogen and oxygen atoms in total. The first-order valence-corrected chi connectivity index (χ1v) is 12.4. The van der Waals surface area contributed by atoms with Gasteiger partial charge < -0.3 is 15.6 Å². The van der Waals surface area contributed by atoms with Gasteiger partial charge in [-0.05, 0) is 61.7 Å². The molecule has 5 rings (SSSR count). The third-order valence-corrected chi connectivity index (χ3v) is 6.49. The number of benzene rings is 2. The molecule has 0 saturated carbocycles. The van der Waals surface area contributed by atoms with Gasteiger partial charge in [-0.15, -0.1) is 0 Å². The van der Waals surface area contributed by atoms with Crippen LogP contribution in [0.5, 0.6) is 0 Å². The lowest BCUT2D eigenvalue weighted by atomic mass is 10.1. The van der Waals surface area contributed by atoms with Gasteiger partial charge in [0, 0.05) is 54.2 Å². The molecule has 2 aromatic carbocycles. The number of rotatable bonds is 7. The second kappa shape index (κ2) is 10.8. The molecule has 0 unspecified atom stereocenters. The highest BCUT2D eigenvalue weighted by Gasteiger charge is 2.17. The first-order valence-electron chi connectivity index (χ1n) is 12.4. The molecular formula is C29H32N6O. The summed E-state index contributed by atoms with van der Waals surface area (Å²) in [4.78, 5) is 24.2. The normalized spacial score (nSPS) is 16.1. The van der Waals surface area contributed by atoms with Crippen LogP contribution in [0.15, 0.2) is 79.4 Å². The minimum Gasteiger partial charge on any atom is -0.327 e. The number of nitrogens with two attached hydrogens (primary N) is 1. The predicted molar refractivity (Wildman–Crippen MR) is 143 cm³/mol. The van der Waals surface area contributed by atoms with Crippen LogP contribution in [0, 0.1) is 6.92 Å². The van der Waals surface area contributed by atoms with Crippen LogP contribution in [0.4, 0.5) is 5.69 Å². The van der Waals surface area contributed by atoms with E-state index in [1.165, 1.54) is 0 Å². The number of aromatic nitrogens is 3. The molecule has 1 saturated heterocycles. The van der Waals surface area contributed by atoms with Gasteiger partial charge in [-0.2, -0.15) is 0 Å². The van der Waals surface area contributed by atoms with Crippen molar-refractivity contribution < 1.29 is 4.79 Å². The Morgan fingerprint density at radius 1 is 1.08 bits per heavy atom. The molecule has 1 aliphatic heterocycles. The highest BCUT2D eigenvalue weighted by Crippen LogP contribution is 2.22. The van der Waals surface area contributed by atoms with Crippen molar-refractivity contribution >= 4 is 11.6 Å². The molecule has 0 spiro atoms. The van der Waals surface area contributed by atoms with Crippen LogP contribution in [0.3, 0.4) is 0 Å². The first kappa shape index (κ1) is 23.9. The molecule has 3 heterocycles. The average molecular weight is 481 g/mol. The van der Waals surface area contributed by atoms with Crippen molar-refractivity contribution in [3.05, 3.63) is 96.3 Å². The van der Waals surface area contributed by atoms with Gasteiger partial charge in [0.2, 0.25) is 5.91 Å². The van der Waals surface area contributed by atoms with Gasteiger partial charge in [0.15, 0.2) is 0 Å². The first-order chi connectivity index (χ1) is 17.5. The van der Waals surface area contributed by atoms with Crippen molar-refractivity contribution in [1.29, 1.82) is 0 Å². The van der Waals surface area contributed by atoms with Crippen LogP contribution in [-0.2, 0) is 17.8 Å². The van der Waals surface area contributed by atoms with E-state index in [0.29, 0.717) is 0 Å². The summed E-state index contributed by atoms with van der Waals surface area (Å²) < 4.78 is 1.99. The lowest BCUT2D eigenvalue weighted by Crippen LogP contribution is -2.42. The number of carbonyl (C=O) groups is 1. The number of anilines is 1. The van der Waals surface area contributed by atoms with Gasteiger partial charge in [-0.3, -0.25) is 14.7 Å². The summed E-state index contributed by atoms with van der Waals surface area (Å²) in [5.74, 6) is -0.0973. The van der Waals surface area contributed by atoms with Crippen molar-refractivity contribution in [1.82, 2.24) is 19.4 Å². The number of hydrogen-bond donors (Lipinski definition) is 2. The average Bonchev–Trinajstić information content (AvgIpc) is 3.31. The van der Waals surface area contributed by atoms with Gasteiger partial charge in [0.25, 0.3) is 0 Å². The number of likely N-dealkylation sites (tertiary alicyclic amines) is 1. The van der Waals surface area contributed by atoms with Gasteiger partial charge in [0.1, 0.15) is 0 Å². The van der Waals surface area contributed by atoms with Crippen molar-refractivity contribution in [2.45, 2.75) is 38.8 Å². The second-order valence-corrected chi connectivity index (χ2v) is 9.58. The van der Waals surface area contributed by atoms with E-state index in [-0.39, 0.29) is 18.4 Å². The van der Waals surface area contributed by atoms with E-state index in [0.717, 1.165) is 71.9 Å². The van der Waals surface area contributed by atoms with Crippen LogP contribution < -0.4 is 11.1 Å². The summed E-state index contributed by atoms with van der Waals surface area (Å²) in [6.45, 7) is 4.68. The summed E-state index contributed by atoms with van der Waals surface area (Å²) in [5, 5.41) is 3.08. The summed E-state index contributed by atoms with van der Waals surface area (Å²) >= 11 is 0. The molecular weight excluding hydrogens is 448 g/mol. The predicted octanol–water partition coefficient (Wildman–Crippen LogP) is 4.35. The Hall–Kier alpha value is -3.81. The molecule has 36 heavy (non-hydrogen) atoms. The molecule has 184 valence electrons. The Morgan fingerprint density at radius 2 is 1.94 bits per heavy atom. The van der Waals surface area contributed by atoms with E-state index in [2.05, 4.69) is 32.3 Å². The van der Waals surface area contributed by atoms with Crippen LogP contribution in [0.2, 0.25) is 0 Å². The monoisotopic (exact) mass is 480 g/mol. The van der Waals surface area contributed by atoms with Crippen LogP contribution in [0.25, 0.3) is 16.8 Å². The van der Waals surface area contributed by atoms with E-state index in [4.69, 9.17) is 5.73 Å². The molecule has 4 aromatic rings. The van der Waals surface area contributed by atoms with Crippen molar-refractivity contribution in [2.75, 3.05) is 18.4 Å². The fraction of sp³-hybridized carbons (Fsp3) is 0.276. The van der Waals surface area contributed by atoms with Gasteiger partial charge >= 0.3 is 0 Å². The maximum Gasteiger partial charge on any atom is 0.230 e. The van der Waals surface area contributed by atoms with Crippen molar-refractivity contribution in [3.8, 4) is 16.8 Å².